The molecule has 0 bridgehead atoms. The smallest absolute Gasteiger partial charge is 0.265 e. The fourth-order valence-electron chi connectivity index (χ4n) is 2.69. The molecule has 1 N–H and O–H groups in total. The molecule has 0 aliphatic carbocycles. The van der Waals surface area contributed by atoms with Gasteiger partial charge >= 0.3 is 0 Å². The molecule has 2 rings (SSSR count). The van der Waals surface area contributed by atoms with E-state index in [1.165, 1.54) is 17.7 Å². The number of ether oxygens (including phenoxy) is 1. The van der Waals surface area contributed by atoms with Crippen molar-refractivity contribution in [2.75, 3.05) is 5.06 Å². The standard InChI is InChI=1S/C20H23F2NO3/c1-4-14-9-10-17(13(3)11-14)26-12-15-7-6-8-16(20(21)22)19(15)23(25)18(24)5-2/h6-11,20,25H,4-5,12H2,1-3H3. The first-order chi connectivity index (χ1) is 12.4. The molecular weight excluding hydrogens is 340 g/mol. The van der Waals surface area contributed by atoms with Gasteiger partial charge in [-0.3, -0.25) is 10.0 Å². The van der Waals surface area contributed by atoms with Gasteiger partial charge < -0.3 is 4.74 Å². The van der Waals surface area contributed by atoms with Crippen LogP contribution in [0.5, 0.6) is 5.75 Å². The van der Waals surface area contributed by atoms with E-state index in [0.29, 0.717) is 16.4 Å². The van der Waals surface area contributed by atoms with Crippen LogP contribution in [0.1, 0.15) is 48.9 Å². The van der Waals surface area contributed by atoms with Gasteiger partial charge in [0.25, 0.3) is 6.43 Å². The quantitative estimate of drug-likeness (QED) is 0.543. The summed E-state index contributed by atoms with van der Waals surface area (Å²) >= 11 is 0. The van der Waals surface area contributed by atoms with Gasteiger partial charge in [-0.1, -0.05) is 44.2 Å². The monoisotopic (exact) mass is 363 g/mol. The number of carbonyl (C=O) groups excluding carboxylic acids is 1. The summed E-state index contributed by atoms with van der Waals surface area (Å²) in [6.07, 6.45) is -1.93. The lowest BCUT2D eigenvalue weighted by molar-refractivity contribution is -0.123. The van der Waals surface area contributed by atoms with E-state index in [1.807, 2.05) is 25.1 Å². The van der Waals surface area contributed by atoms with Crippen molar-refractivity contribution in [2.45, 2.75) is 46.6 Å². The molecule has 0 aliphatic heterocycles. The highest BCUT2D eigenvalue weighted by Crippen LogP contribution is 2.33. The lowest BCUT2D eigenvalue weighted by Crippen LogP contribution is -2.28. The van der Waals surface area contributed by atoms with Crippen molar-refractivity contribution in [1.82, 2.24) is 0 Å². The van der Waals surface area contributed by atoms with Gasteiger partial charge in [-0.25, -0.2) is 8.78 Å². The average Bonchev–Trinajstić information content (AvgIpc) is 2.65. The summed E-state index contributed by atoms with van der Waals surface area (Å²) < 4.78 is 32.5. The molecule has 1 amide bonds. The first-order valence-corrected chi connectivity index (χ1v) is 8.53. The van der Waals surface area contributed by atoms with Crippen LogP contribution in [0.3, 0.4) is 0 Å². The number of amides is 1. The minimum Gasteiger partial charge on any atom is -0.489 e. The molecule has 0 atom stereocenters. The highest BCUT2D eigenvalue weighted by Gasteiger charge is 2.24. The molecule has 6 heteroatoms. The van der Waals surface area contributed by atoms with Crippen LogP contribution in [0.15, 0.2) is 36.4 Å². The number of hydrogen-bond donors (Lipinski definition) is 1. The fraction of sp³-hybridized carbons (Fsp3) is 0.350. The number of anilines is 1. The highest BCUT2D eigenvalue weighted by atomic mass is 19.3. The highest BCUT2D eigenvalue weighted by molar-refractivity contribution is 5.92. The van der Waals surface area contributed by atoms with Gasteiger partial charge in [0, 0.05) is 17.5 Å². The first-order valence-electron chi connectivity index (χ1n) is 8.53. The fourth-order valence-corrected chi connectivity index (χ4v) is 2.69. The Morgan fingerprint density at radius 2 is 1.96 bits per heavy atom. The minimum absolute atomic E-state index is 0.00798. The molecule has 26 heavy (non-hydrogen) atoms. The number of rotatable bonds is 7. The van der Waals surface area contributed by atoms with Gasteiger partial charge in [0.15, 0.2) is 0 Å². The van der Waals surface area contributed by atoms with Crippen molar-refractivity contribution in [2.24, 2.45) is 0 Å². The van der Waals surface area contributed by atoms with Gasteiger partial charge in [0.2, 0.25) is 5.91 Å². The Morgan fingerprint density at radius 3 is 2.54 bits per heavy atom. The van der Waals surface area contributed by atoms with E-state index in [-0.39, 0.29) is 18.7 Å². The molecule has 0 aromatic heterocycles. The van der Waals surface area contributed by atoms with Crippen molar-refractivity contribution in [3.63, 3.8) is 0 Å². The summed E-state index contributed by atoms with van der Waals surface area (Å²) in [4.78, 5) is 11.8. The zero-order valence-electron chi connectivity index (χ0n) is 15.1. The summed E-state index contributed by atoms with van der Waals surface area (Å²) in [7, 11) is 0. The zero-order chi connectivity index (χ0) is 19.3. The number of carbonyl (C=O) groups is 1. The summed E-state index contributed by atoms with van der Waals surface area (Å²) in [6.45, 7) is 5.46. The Labute approximate surface area is 152 Å². The van der Waals surface area contributed by atoms with Crippen molar-refractivity contribution in [3.05, 3.63) is 58.7 Å². The number of para-hydroxylation sites is 1. The van der Waals surface area contributed by atoms with Crippen LogP contribution in [0, 0.1) is 6.92 Å². The van der Waals surface area contributed by atoms with Gasteiger partial charge in [-0.05, 0) is 30.5 Å². The molecule has 0 saturated heterocycles. The zero-order valence-corrected chi connectivity index (χ0v) is 15.1. The number of aryl methyl sites for hydroxylation is 2. The summed E-state index contributed by atoms with van der Waals surface area (Å²) in [6, 6.07) is 9.99. The van der Waals surface area contributed by atoms with Crippen molar-refractivity contribution >= 4 is 11.6 Å². The van der Waals surface area contributed by atoms with Crippen LogP contribution in [0.2, 0.25) is 0 Å². The second-order valence-electron chi connectivity index (χ2n) is 5.96. The third kappa shape index (κ3) is 4.38. The molecule has 2 aromatic rings. The Bertz CT molecular complexity index is 778. The third-order valence-electron chi connectivity index (χ3n) is 4.17. The number of nitrogens with zero attached hydrogens (tertiary/aromatic N) is 1. The normalized spacial score (nSPS) is 10.9. The number of halogens is 2. The van der Waals surface area contributed by atoms with Crippen molar-refractivity contribution in [1.29, 1.82) is 0 Å². The third-order valence-corrected chi connectivity index (χ3v) is 4.17. The van der Waals surface area contributed by atoms with Crippen LogP contribution in [-0.2, 0) is 17.8 Å². The van der Waals surface area contributed by atoms with Crippen LogP contribution in [0.25, 0.3) is 0 Å². The van der Waals surface area contributed by atoms with Gasteiger partial charge in [0.05, 0.1) is 5.69 Å². The first kappa shape index (κ1) is 19.8. The molecule has 2 aromatic carbocycles. The molecule has 0 saturated carbocycles. The number of alkyl halides is 2. The van der Waals surface area contributed by atoms with Crippen LogP contribution >= 0.6 is 0 Å². The maximum absolute atomic E-state index is 13.4. The molecular formula is C20H23F2NO3. The number of hydroxylamine groups is 1. The van der Waals surface area contributed by atoms with E-state index in [4.69, 9.17) is 4.74 Å². The largest absolute Gasteiger partial charge is 0.489 e. The molecule has 0 fully saturated rings. The molecule has 4 nitrogen and oxygen atoms in total. The van der Waals surface area contributed by atoms with Crippen LogP contribution in [-0.4, -0.2) is 11.1 Å². The second-order valence-corrected chi connectivity index (χ2v) is 5.96. The molecule has 0 radical (unpaired) electrons. The van der Waals surface area contributed by atoms with Crippen molar-refractivity contribution in [3.8, 4) is 5.75 Å². The van der Waals surface area contributed by atoms with Crippen LogP contribution in [0.4, 0.5) is 14.5 Å². The van der Waals surface area contributed by atoms with E-state index in [2.05, 4.69) is 6.92 Å². The lowest BCUT2D eigenvalue weighted by atomic mass is 10.1. The average molecular weight is 363 g/mol. The molecule has 0 heterocycles. The second kappa shape index (κ2) is 8.76. The van der Waals surface area contributed by atoms with Gasteiger partial charge in [0.1, 0.15) is 12.4 Å². The topological polar surface area (TPSA) is 49.8 Å². The molecule has 0 unspecified atom stereocenters. The van der Waals surface area contributed by atoms with E-state index >= 15 is 0 Å². The summed E-state index contributed by atoms with van der Waals surface area (Å²) in [5.41, 5.74) is 1.79. The van der Waals surface area contributed by atoms with Crippen LogP contribution < -0.4 is 9.80 Å². The van der Waals surface area contributed by atoms with E-state index in [9.17, 15) is 18.8 Å². The number of benzene rings is 2. The molecule has 0 spiro atoms. The Morgan fingerprint density at radius 1 is 1.23 bits per heavy atom. The maximum atomic E-state index is 13.4. The van der Waals surface area contributed by atoms with E-state index < -0.39 is 17.9 Å². The van der Waals surface area contributed by atoms with E-state index in [0.717, 1.165) is 12.0 Å². The lowest BCUT2D eigenvalue weighted by Gasteiger charge is -2.22. The summed E-state index contributed by atoms with van der Waals surface area (Å²) in [5.74, 6) is -0.0373. The Balaban J connectivity index is 2.34. The summed E-state index contributed by atoms with van der Waals surface area (Å²) in [5, 5.41) is 10.4. The number of hydrogen-bond acceptors (Lipinski definition) is 3. The SMILES string of the molecule is CCC(=O)N(O)c1c(COc2ccc(CC)cc2C)cccc1C(F)F. The predicted octanol–water partition coefficient (Wildman–Crippen LogP) is 5.21. The van der Waals surface area contributed by atoms with Crippen molar-refractivity contribution < 1.29 is 23.5 Å². The van der Waals surface area contributed by atoms with Gasteiger partial charge in [-0.2, -0.15) is 5.06 Å². The molecule has 140 valence electrons. The maximum Gasteiger partial charge on any atom is 0.265 e. The predicted molar refractivity (Wildman–Crippen MR) is 95.9 cm³/mol. The Hall–Kier alpha value is -2.47. The molecule has 0 aliphatic rings. The Kier molecular flexibility index (Phi) is 6.69. The van der Waals surface area contributed by atoms with E-state index in [1.54, 1.807) is 13.0 Å². The van der Waals surface area contributed by atoms with Gasteiger partial charge in [-0.15, -0.1) is 0 Å². The minimum atomic E-state index is -2.82.